The highest BCUT2D eigenvalue weighted by Crippen LogP contribution is 2.17. The highest BCUT2D eigenvalue weighted by molar-refractivity contribution is 5.81. The molecule has 1 aromatic rings. The zero-order valence-corrected chi connectivity index (χ0v) is 13.1. The Balaban J connectivity index is 2.30. The van der Waals surface area contributed by atoms with Gasteiger partial charge in [0, 0.05) is 18.5 Å². The highest BCUT2D eigenvalue weighted by atomic mass is 19.1. The molecule has 1 aromatic carbocycles. The van der Waals surface area contributed by atoms with Crippen LogP contribution in [0, 0.1) is 11.2 Å². The predicted molar refractivity (Wildman–Crippen MR) is 81.5 cm³/mol. The molecule has 2 amide bonds. The van der Waals surface area contributed by atoms with Crippen LogP contribution in [0.25, 0.3) is 0 Å². The molecule has 0 saturated heterocycles. The van der Waals surface area contributed by atoms with Gasteiger partial charge in [-0.2, -0.15) is 0 Å². The largest absolute Gasteiger partial charge is 0.388 e. The average Bonchev–Trinajstić information content (AvgIpc) is 2.42. The van der Waals surface area contributed by atoms with Crippen LogP contribution in [0.15, 0.2) is 24.3 Å². The zero-order valence-electron chi connectivity index (χ0n) is 13.1. The summed E-state index contributed by atoms with van der Waals surface area (Å²) in [7, 11) is 0. The average molecular weight is 310 g/mol. The van der Waals surface area contributed by atoms with Gasteiger partial charge in [-0.15, -0.1) is 0 Å². The van der Waals surface area contributed by atoms with Crippen LogP contribution < -0.4 is 10.6 Å². The maximum Gasteiger partial charge on any atom is 0.225 e. The molecule has 5 nitrogen and oxygen atoms in total. The number of amides is 2. The van der Waals surface area contributed by atoms with Crippen LogP contribution in [-0.2, 0) is 9.59 Å². The first-order valence-electron chi connectivity index (χ1n) is 7.18. The number of nitrogens with one attached hydrogen (secondary N) is 2. The van der Waals surface area contributed by atoms with E-state index in [1.807, 2.05) is 0 Å². The number of aliphatic hydroxyl groups excluding tert-OH is 1. The fraction of sp³-hybridized carbons (Fsp3) is 0.500. The lowest BCUT2D eigenvalue weighted by Gasteiger charge is -2.17. The van der Waals surface area contributed by atoms with Crippen LogP contribution in [0.2, 0.25) is 0 Å². The van der Waals surface area contributed by atoms with E-state index in [0.717, 1.165) is 0 Å². The third-order valence-electron chi connectivity index (χ3n) is 3.03. The smallest absolute Gasteiger partial charge is 0.225 e. The van der Waals surface area contributed by atoms with E-state index in [1.54, 1.807) is 26.8 Å². The Morgan fingerprint density at radius 1 is 1.23 bits per heavy atom. The van der Waals surface area contributed by atoms with Crippen LogP contribution in [0.3, 0.4) is 0 Å². The molecule has 0 radical (unpaired) electrons. The topological polar surface area (TPSA) is 78.4 Å². The first-order valence-corrected chi connectivity index (χ1v) is 7.18. The zero-order chi connectivity index (χ0) is 16.8. The molecule has 0 aliphatic heterocycles. The molecule has 1 atom stereocenters. The number of halogens is 1. The fourth-order valence-electron chi connectivity index (χ4n) is 1.72. The monoisotopic (exact) mass is 310 g/mol. The first kappa shape index (κ1) is 18.1. The first-order chi connectivity index (χ1) is 10.2. The van der Waals surface area contributed by atoms with Crippen molar-refractivity contribution in [1.82, 2.24) is 10.6 Å². The van der Waals surface area contributed by atoms with Gasteiger partial charge in [0.1, 0.15) is 5.82 Å². The number of hydrogen-bond acceptors (Lipinski definition) is 3. The van der Waals surface area contributed by atoms with Gasteiger partial charge in [0.2, 0.25) is 11.8 Å². The SMILES string of the molecule is CC(C)(C)C(=O)NCCNC(=O)CC(O)c1cccc(F)c1. The molecule has 0 heterocycles. The fourth-order valence-corrected chi connectivity index (χ4v) is 1.72. The minimum absolute atomic E-state index is 0.0958. The lowest BCUT2D eigenvalue weighted by Crippen LogP contribution is -2.40. The van der Waals surface area contributed by atoms with E-state index in [-0.39, 0.29) is 24.8 Å². The molecule has 1 unspecified atom stereocenters. The van der Waals surface area contributed by atoms with E-state index >= 15 is 0 Å². The molecule has 0 aromatic heterocycles. The van der Waals surface area contributed by atoms with Gasteiger partial charge in [0.05, 0.1) is 12.5 Å². The molecule has 1 rings (SSSR count). The minimum atomic E-state index is -1.06. The second-order valence-corrected chi connectivity index (χ2v) is 6.13. The van der Waals surface area contributed by atoms with Crippen molar-refractivity contribution >= 4 is 11.8 Å². The number of carbonyl (C=O) groups is 2. The van der Waals surface area contributed by atoms with E-state index < -0.39 is 17.3 Å². The Kier molecular flexibility index (Phi) is 6.49. The molecule has 0 saturated carbocycles. The summed E-state index contributed by atoms with van der Waals surface area (Å²) in [6.07, 6.45) is -1.21. The van der Waals surface area contributed by atoms with Crippen LogP contribution in [0.1, 0.15) is 38.9 Å². The molecule has 0 aliphatic rings. The van der Waals surface area contributed by atoms with Gasteiger partial charge in [-0.25, -0.2) is 4.39 Å². The number of carbonyl (C=O) groups excluding carboxylic acids is 2. The van der Waals surface area contributed by atoms with Crippen molar-refractivity contribution in [3.63, 3.8) is 0 Å². The second-order valence-electron chi connectivity index (χ2n) is 6.13. The number of rotatable bonds is 6. The number of aliphatic hydroxyl groups is 1. The van der Waals surface area contributed by atoms with Crippen molar-refractivity contribution in [1.29, 1.82) is 0 Å². The van der Waals surface area contributed by atoms with Crippen LogP contribution in [0.4, 0.5) is 4.39 Å². The van der Waals surface area contributed by atoms with E-state index in [0.29, 0.717) is 12.1 Å². The maximum absolute atomic E-state index is 13.0. The van der Waals surface area contributed by atoms with E-state index in [4.69, 9.17) is 0 Å². The van der Waals surface area contributed by atoms with Gasteiger partial charge in [0.15, 0.2) is 0 Å². The molecular weight excluding hydrogens is 287 g/mol. The van der Waals surface area contributed by atoms with Crippen molar-refractivity contribution in [2.24, 2.45) is 5.41 Å². The van der Waals surface area contributed by atoms with E-state index in [2.05, 4.69) is 10.6 Å². The van der Waals surface area contributed by atoms with Crippen LogP contribution in [-0.4, -0.2) is 30.0 Å². The van der Waals surface area contributed by atoms with E-state index in [1.165, 1.54) is 18.2 Å². The second kappa shape index (κ2) is 7.89. The molecule has 122 valence electrons. The number of benzene rings is 1. The summed E-state index contributed by atoms with van der Waals surface area (Å²) >= 11 is 0. The van der Waals surface area contributed by atoms with Crippen LogP contribution in [0.5, 0.6) is 0 Å². The molecule has 6 heteroatoms. The summed E-state index contributed by atoms with van der Waals surface area (Å²) < 4.78 is 13.0. The summed E-state index contributed by atoms with van der Waals surface area (Å²) in [6.45, 7) is 6.00. The summed E-state index contributed by atoms with van der Waals surface area (Å²) in [5.74, 6) is -0.912. The number of hydrogen-bond donors (Lipinski definition) is 3. The molecular formula is C16H23FN2O3. The standard InChI is InChI=1S/C16H23FN2O3/c1-16(2,3)15(22)19-8-7-18-14(21)10-13(20)11-5-4-6-12(17)9-11/h4-6,9,13,20H,7-8,10H2,1-3H3,(H,18,21)(H,19,22). The third-order valence-corrected chi connectivity index (χ3v) is 3.03. The van der Waals surface area contributed by atoms with Crippen molar-refractivity contribution in [2.75, 3.05) is 13.1 Å². The van der Waals surface area contributed by atoms with Gasteiger partial charge < -0.3 is 15.7 Å². The van der Waals surface area contributed by atoms with Crippen molar-refractivity contribution in [2.45, 2.75) is 33.3 Å². The molecule has 0 aliphatic carbocycles. The Hall–Kier alpha value is -1.95. The Morgan fingerprint density at radius 2 is 1.86 bits per heavy atom. The lowest BCUT2D eigenvalue weighted by atomic mass is 9.96. The normalized spacial score (nSPS) is 12.6. The molecule has 0 fully saturated rings. The Labute approximate surface area is 129 Å². The van der Waals surface area contributed by atoms with Crippen molar-refractivity contribution in [3.05, 3.63) is 35.6 Å². The maximum atomic E-state index is 13.0. The van der Waals surface area contributed by atoms with Gasteiger partial charge >= 0.3 is 0 Å². The molecule has 0 bridgehead atoms. The Morgan fingerprint density at radius 3 is 2.45 bits per heavy atom. The molecule has 3 N–H and O–H groups in total. The van der Waals surface area contributed by atoms with E-state index in [9.17, 15) is 19.1 Å². The van der Waals surface area contributed by atoms with Gasteiger partial charge in [0.25, 0.3) is 0 Å². The predicted octanol–water partition coefficient (Wildman–Crippen LogP) is 1.53. The summed E-state index contributed by atoms with van der Waals surface area (Å²) in [5.41, 5.74) is -0.117. The lowest BCUT2D eigenvalue weighted by molar-refractivity contribution is -0.129. The van der Waals surface area contributed by atoms with Gasteiger partial charge in [-0.3, -0.25) is 9.59 Å². The minimum Gasteiger partial charge on any atom is -0.388 e. The highest BCUT2D eigenvalue weighted by Gasteiger charge is 2.20. The van der Waals surface area contributed by atoms with Crippen molar-refractivity contribution in [3.8, 4) is 0 Å². The van der Waals surface area contributed by atoms with Gasteiger partial charge in [-0.05, 0) is 17.7 Å². The van der Waals surface area contributed by atoms with Gasteiger partial charge in [-0.1, -0.05) is 32.9 Å². The third kappa shape index (κ3) is 6.22. The van der Waals surface area contributed by atoms with Crippen molar-refractivity contribution < 1.29 is 19.1 Å². The quantitative estimate of drug-likeness (QED) is 0.697. The summed E-state index contributed by atoms with van der Waals surface area (Å²) in [5, 5.41) is 15.2. The summed E-state index contributed by atoms with van der Waals surface area (Å²) in [4.78, 5) is 23.3. The summed E-state index contributed by atoms with van der Waals surface area (Å²) in [6, 6.07) is 5.51. The Bertz CT molecular complexity index is 526. The molecule has 22 heavy (non-hydrogen) atoms. The molecule has 0 spiro atoms. The van der Waals surface area contributed by atoms with Crippen LogP contribution >= 0.6 is 0 Å².